The fraction of sp³-hybridized carbons (Fsp3) is 0.800. The highest BCUT2D eigenvalue weighted by Gasteiger charge is 2.41. The van der Waals surface area contributed by atoms with Crippen LogP contribution in [0.2, 0.25) is 0 Å². The van der Waals surface area contributed by atoms with Gasteiger partial charge in [-0.05, 0) is 13.5 Å². The zero-order chi connectivity index (χ0) is 12.6. The minimum atomic E-state index is -4.72. The van der Waals surface area contributed by atoms with Crippen molar-refractivity contribution in [1.82, 2.24) is 14.5 Å². The third-order valence-corrected chi connectivity index (χ3v) is 5.22. The summed E-state index contributed by atoms with van der Waals surface area (Å²) in [7, 11) is -7.29. The average molecular weight is 272 g/mol. The molecule has 0 aromatic heterocycles. The molecule has 0 aromatic carbocycles. The lowest BCUT2D eigenvalue weighted by atomic mass is 10.3. The fourth-order valence-electron chi connectivity index (χ4n) is 1.44. The van der Waals surface area contributed by atoms with Crippen LogP contribution in [-0.2, 0) is 19.7 Å². The van der Waals surface area contributed by atoms with E-state index in [1.807, 2.05) is 0 Å². The van der Waals surface area contributed by atoms with Crippen LogP contribution in [0.4, 0.5) is 0 Å². The first kappa shape index (κ1) is 13.6. The molecule has 9 nitrogen and oxygen atoms in total. The predicted octanol–water partition coefficient (Wildman–Crippen LogP) is -1.73. The van der Waals surface area contributed by atoms with Crippen molar-refractivity contribution in [3.8, 4) is 0 Å². The Bertz CT molecular complexity index is 436. The van der Waals surface area contributed by atoms with E-state index < -0.39 is 29.8 Å². The molecule has 1 aliphatic rings. The highest BCUT2D eigenvalue weighted by molar-refractivity contribution is 7.90. The minimum absolute atomic E-state index is 0.0562. The normalized spacial score (nSPS) is 25.8. The van der Waals surface area contributed by atoms with Gasteiger partial charge >= 0.3 is 17.9 Å². The van der Waals surface area contributed by atoms with Gasteiger partial charge in [0.15, 0.2) is 0 Å². The van der Waals surface area contributed by atoms with Gasteiger partial charge in [-0.15, -0.1) is 4.49 Å². The van der Waals surface area contributed by atoms with Gasteiger partial charge in [0.25, 0.3) is 0 Å². The Morgan fingerprint density at radius 3 is 2.56 bits per heavy atom. The number of hydrogen-bond donors (Lipinski definition) is 4. The van der Waals surface area contributed by atoms with E-state index in [2.05, 4.69) is 5.32 Å². The molecule has 1 rings (SSSR count). The lowest BCUT2D eigenvalue weighted by molar-refractivity contribution is -0.125. The Morgan fingerprint density at radius 1 is 1.62 bits per heavy atom. The van der Waals surface area contributed by atoms with Crippen LogP contribution in [0.3, 0.4) is 0 Å². The van der Waals surface area contributed by atoms with Crippen molar-refractivity contribution in [2.45, 2.75) is 12.5 Å². The van der Waals surface area contributed by atoms with E-state index in [1.165, 1.54) is 4.49 Å². The molecular weight excluding hydrogens is 259 g/mol. The number of nitrogens with zero attached hydrogens (tertiary/aromatic N) is 1. The molecule has 1 amide bonds. The van der Waals surface area contributed by atoms with Crippen molar-refractivity contribution in [2.24, 2.45) is 5.50 Å². The predicted molar refractivity (Wildman–Crippen MR) is 55.7 cm³/mol. The lowest BCUT2D eigenvalue weighted by Gasteiger charge is -2.23. The molecule has 11 heteroatoms. The number of hydrogen-bond acceptors (Lipinski definition) is 5. The lowest BCUT2D eigenvalue weighted by Crippen LogP contribution is -2.40. The number of carbonyl (C=O) groups excluding carboxylic acids is 1. The SMILES string of the molecule is CNC1CCN(P(N)(=O)NS(=O)(=O)O)C1=O. The summed E-state index contributed by atoms with van der Waals surface area (Å²) >= 11 is 0. The Balaban J connectivity index is 2.87. The number of rotatable bonds is 4. The maximum atomic E-state index is 11.7. The van der Waals surface area contributed by atoms with E-state index in [0.717, 1.165) is 4.67 Å². The molecule has 1 saturated heterocycles. The zero-order valence-electron chi connectivity index (χ0n) is 8.45. The molecule has 0 saturated carbocycles. The molecule has 0 spiro atoms. The van der Waals surface area contributed by atoms with Gasteiger partial charge < -0.3 is 5.32 Å². The molecular formula is C5H13N4O5PS. The first-order valence-corrected chi connectivity index (χ1v) is 7.48. The van der Waals surface area contributed by atoms with Gasteiger partial charge in [0.05, 0.1) is 6.04 Å². The van der Waals surface area contributed by atoms with Gasteiger partial charge in [0.1, 0.15) is 0 Å². The standard InChI is InChI=1S/C5H13N4O5PS/c1-7-4-2-3-9(5(4)10)15(6,11)8-16(12,13)14/h4,7H,2-3H2,1H3,(H3,6,8,11)(H,12,13,14). The molecule has 1 fully saturated rings. The Kier molecular flexibility index (Phi) is 3.72. The summed E-state index contributed by atoms with van der Waals surface area (Å²) in [6, 6.07) is -0.542. The van der Waals surface area contributed by atoms with Crippen LogP contribution in [0.15, 0.2) is 0 Å². The van der Waals surface area contributed by atoms with Crippen molar-refractivity contribution in [1.29, 1.82) is 0 Å². The van der Waals surface area contributed by atoms with Crippen molar-refractivity contribution in [3.05, 3.63) is 0 Å². The van der Waals surface area contributed by atoms with E-state index in [-0.39, 0.29) is 6.54 Å². The zero-order valence-corrected chi connectivity index (χ0v) is 10.2. The van der Waals surface area contributed by atoms with Gasteiger partial charge in [-0.25, -0.2) is 0 Å². The molecule has 0 aromatic rings. The average Bonchev–Trinajstić information content (AvgIpc) is 2.42. The maximum Gasteiger partial charge on any atom is 0.341 e. The van der Waals surface area contributed by atoms with Gasteiger partial charge in [0, 0.05) is 6.54 Å². The largest absolute Gasteiger partial charge is 0.341 e. The van der Waals surface area contributed by atoms with E-state index in [9.17, 15) is 17.8 Å². The first-order valence-electron chi connectivity index (χ1n) is 4.31. The fourth-order valence-corrected chi connectivity index (χ4v) is 4.00. The molecule has 1 heterocycles. The Hall–Kier alpha value is -0.510. The third-order valence-electron chi connectivity index (χ3n) is 2.14. The molecule has 0 aliphatic carbocycles. The first-order chi connectivity index (χ1) is 7.17. The van der Waals surface area contributed by atoms with Crippen LogP contribution in [0.25, 0.3) is 0 Å². The van der Waals surface area contributed by atoms with Crippen molar-refractivity contribution in [3.63, 3.8) is 0 Å². The van der Waals surface area contributed by atoms with E-state index in [4.69, 9.17) is 10.1 Å². The molecule has 5 N–H and O–H groups in total. The van der Waals surface area contributed by atoms with Gasteiger partial charge in [0.2, 0.25) is 5.91 Å². The molecule has 2 atom stereocenters. The van der Waals surface area contributed by atoms with Crippen LogP contribution >= 0.6 is 7.59 Å². The van der Waals surface area contributed by atoms with E-state index >= 15 is 0 Å². The quantitative estimate of drug-likeness (QED) is 0.351. The second-order valence-electron chi connectivity index (χ2n) is 3.28. The van der Waals surface area contributed by atoms with Crippen molar-refractivity contribution < 1.29 is 22.3 Å². The van der Waals surface area contributed by atoms with Crippen LogP contribution in [0.1, 0.15) is 6.42 Å². The maximum absolute atomic E-state index is 11.7. The summed E-state index contributed by atoms with van der Waals surface area (Å²) in [4.78, 5) is 11.6. The van der Waals surface area contributed by atoms with Gasteiger partial charge in [-0.3, -0.25) is 24.1 Å². The number of carbonyl (C=O) groups is 1. The molecule has 1 aliphatic heterocycles. The second-order valence-corrected chi connectivity index (χ2v) is 6.69. The van der Waals surface area contributed by atoms with Crippen molar-refractivity contribution in [2.75, 3.05) is 13.6 Å². The highest BCUT2D eigenvalue weighted by Crippen LogP contribution is 2.40. The molecule has 2 unspecified atom stereocenters. The number of amides is 1. The van der Waals surface area contributed by atoms with Crippen LogP contribution in [0.5, 0.6) is 0 Å². The highest BCUT2D eigenvalue weighted by atomic mass is 32.2. The van der Waals surface area contributed by atoms with Crippen LogP contribution < -0.4 is 15.3 Å². The summed E-state index contributed by atoms with van der Waals surface area (Å²) in [6.07, 6.45) is 0.365. The summed E-state index contributed by atoms with van der Waals surface area (Å²) in [6.45, 7) is 0.0562. The third kappa shape index (κ3) is 3.00. The monoisotopic (exact) mass is 272 g/mol. The van der Waals surface area contributed by atoms with Crippen LogP contribution in [-0.4, -0.2) is 43.2 Å². The number of nitrogens with two attached hydrogens (primary N) is 1. The Morgan fingerprint density at radius 2 is 2.19 bits per heavy atom. The number of likely N-dealkylation sites (N-methyl/N-ethyl adjacent to an activating group) is 1. The van der Waals surface area contributed by atoms with E-state index in [1.54, 1.807) is 7.05 Å². The second kappa shape index (κ2) is 4.40. The molecule has 0 radical (unpaired) electrons. The summed E-state index contributed by atoms with van der Waals surface area (Å²) in [5.74, 6) is -0.565. The molecule has 0 bridgehead atoms. The van der Waals surface area contributed by atoms with Gasteiger partial charge in [-0.2, -0.15) is 8.42 Å². The smallest absolute Gasteiger partial charge is 0.309 e. The topological polar surface area (TPSA) is 142 Å². The number of nitrogens with one attached hydrogen (secondary N) is 2. The van der Waals surface area contributed by atoms with E-state index in [0.29, 0.717) is 6.42 Å². The van der Waals surface area contributed by atoms with Crippen molar-refractivity contribution >= 4 is 23.8 Å². The van der Waals surface area contributed by atoms with Gasteiger partial charge in [-0.1, -0.05) is 0 Å². The summed E-state index contributed by atoms with van der Waals surface area (Å²) < 4.78 is 43.3. The molecule has 94 valence electrons. The minimum Gasteiger partial charge on any atom is -0.309 e. The summed E-state index contributed by atoms with van der Waals surface area (Å²) in [5.41, 5.74) is 5.20. The summed E-state index contributed by atoms with van der Waals surface area (Å²) in [5, 5.41) is 2.67. The van der Waals surface area contributed by atoms with Crippen LogP contribution in [0, 0.1) is 0 Å². The molecule has 16 heavy (non-hydrogen) atoms. The Labute approximate surface area is 92.8 Å².